The molecule has 2 aliphatic rings. The van der Waals surface area contributed by atoms with Gasteiger partial charge >= 0.3 is 5.97 Å². The summed E-state index contributed by atoms with van der Waals surface area (Å²) in [4.78, 5) is 15.4. The highest BCUT2D eigenvalue weighted by molar-refractivity contribution is 5.97. The van der Waals surface area contributed by atoms with Crippen molar-refractivity contribution < 1.29 is 14.3 Å². The van der Waals surface area contributed by atoms with Gasteiger partial charge in [-0.3, -0.25) is 0 Å². The lowest BCUT2D eigenvalue weighted by Crippen LogP contribution is -2.33. The van der Waals surface area contributed by atoms with Gasteiger partial charge in [0.15, 0.2) is 5.60 Å². The Hall–Kier alpha value is -4.25. The van der Waals surface area contributed by atoms with E-state index in [2.05, 4.69) is 49.2 Å². The Labute approximate surface area is 211 Å². The minimum Gasteiger partial charge on any atom is -0.456 e. The molecule has 4 aromatic rings. The number of fused-ring (bicyclic) bond motifs is 6. The molecule has 1 spiro atoms. The zero-order chi connectivity index (χ0) is 24.9. The van der Waals surface area contributed by atoms with Crippen LogP contribution in [0.1, 0.15) is 46.5 Å². The Bertz CT molecular complexity index is 1490. The average molecular weight is 477 g/mol. The third-order valence-corrected chi connectivity index (χ3v) is 7.25. The normalized spacial score (nSPS) is 17.0. The van der Waals surface area contributed by atoms with Gasteiger partial charge in [-0.2, -0.15) is 0 Å². The standard InChI is InChI=1S/C31H28N2O3/c1-4-33(5-2)22-16-14-20(3)27(19-22)32-21-15-17-29-26(18-21)31(25-12-8-9-13-28(25)35-29)24-11-7-6-10-23(24)30(34)36-31/h6-19,32H,4-5H2,1-3H3. The number of anilines is 3. The van der Waals surface area contributed by atoms with E-state index in [0.29, 0.717) is 17.1 Å². The highest BCUT2D eigenvalue weighted by Gasteiger charge is 2.53. The van der Waals surface area contributed by atoms with Gasteiger partial charge in [0.05, 0.1) is 5.56 Å². The van der Waals surface area contributed by atoms with Crippen molar-refractivity contribution in [1.29, 1.82) is 0 Å². The number of benzene rings is 4. The molecule has 0 bridgehead atoms. The van der Waals surface area contributed by atoms with E-state index in [1.807, 2.05) is 66.7 Å². The van der Waals surface area contributed by atoms with Crippen molar-refractivity contribution in [2.75, 3.05) is 23.3 Å². The lowest BCUT2D eigenvalue weighted by molar-refractivity contribution is 0.0224. The van der Waals surface area contributed by atoms with E-state index in [1.165, 1.54) is 5.69 Å². The molecule has 1 atom stereocenters. The smallest absolute Gasteiger partial charge is 0.340 e. The quantitative estimate of drug-likeness (QED) is 0.310. The van der Waals surface area contributed by atoms with Gasteiger partial charge in [0.2, 0.25) is 0 Å². The maximum Gasteiger partial charge on any atom is 0.340 e. The van der Waals surface area contributed by atoms with Gasteiger partial charge in [-0.1, -0.05) is 42.5 Å². The van der Waals surface area contributed by atoms with Crippen LogP contribution >= 0.6 is 0 Å². The van der Waals surface area contributed by atoms with Gasteiger partial charge in [-0.05, 0) is 68.8 Å². The fraction of sp³-hybridized carbons (Fsp3) is 0.194. The second-order valence-electron chi connectivity index (χ2n) is 9.22. The van der Waals surface area contributed by atoms with Crippen LogP contribution in [0.15, 0.2) is 84.9 Å². The molecule has 0 saturated heterocycles. The van der Waals surface area contributed by atoms with E-state index >= 15 is 0 Å². The molecule has 1 N–H and O–H groups in total. The van der Waals surface area contributed by atoms with Crippen LogP contribution in [0.3, 0.4) is 0 Å². The van der Waals surface area contributed by atoms with E-state index in [9.17, 15) is 4.79 Å². The number of nitrogens with one attached hydrogen (secondary N) is 1. The van der Waals surface area contributed by atoms with Crippen LogP contribution < -0.4 is 15.0 Å². The molecule has 36 heavy (non-hydrogen) atoms. The number of ether oxygens (including phenoxy) is 2. The van der Waals surface area contributed by atoms with Crippen LogP contribution in [0.4, 0.5) is 17.1 Å². The highest BCUT2D eigenvalue weighted by atomic mass is 16.6. The second kappa shape index (κ2) is 8.45. The largest absolute Gasteiger partial charge is 0.456 e. The summed E-state index contributed by atoms with van der Waals surface area (Å²) in [5, 5.41) is 3.61. The zero-order valence-electron chi connectivity index (χ0n) is 20.7. The Balaban J connectivity index is 1.49. The van der Waals surface area contributed by atoms with Crippen molar-refractivity contribution >= 4 is 23.0 Å². The summed E-state index contributed by atoms with van der Waals surface area (Å²) >= 11 is 0. The fourth-order valence-corrected chi connectivity index (χ4v) is 5.38. The monoisotopic (exact) mass is 476 g/mol. The Morgan fingerprint density at radius 3 is 2.33 bits per heavy atom. The molecule has 0 saturated carbocycles. The maximum atomic E-state index is 13.1. The summed E-state index contributed by atoms with van der Waals surface area (Å²) in [6.45, 7) is 8.32. The van der Waals surface area contributed by atoms with E-state index in [1.54, 1.807) is 0 Å². The molecule has 6 rings (SSSR count). The van der Waals surface area contributed by atoms with E-state index in [4.69, 9.17) is 9.47 Å². The molecule has 2 aliphatic heterocycles. The van der Waals surface area contributed by atoms with Crippen molar-refractivity contribution in [3.63, 3.8) is 0 Å². The Kier molecular flexibility index (Phi) is 5.22. The topological polar surface area (TPSA) is 50.8 Å². The van der Waals surface area contributed by atoms with Crippen LogP contribution in [0.5, 0.6) is 11.5 Å². The predicted octanol–water partition coefficient (Wildman–Crippen LogP) is 7.15. The Morgan fingerprint density at radius 1 is 0.806 bits per heavy atom. The first-order valence-electron chi connectivity index (χ1n) is 12.4. The lowest BCUT2D eigenvalue weighted by atomic mass is 9.77. The van der Waals surface area contributed by atoms with Crippen LogP contribution in [0.25, 0.3) is 0 Å². The van der Waals surface area contributed by atoms with Crippen molar-refractivity contribution in [2.24, 2.45) is 0 Å². The SMILES string of the molecule is CCN(CC)c1ccc(C)c(Nc2ccc3c(c2)C2(OC(=O)c4ccccc42)c2ccccc2O3)c1. The molecule has 4 aromatic carbocycles. The van der Waals surface area contributed by atoms with Gasteiger partial charge in [0.1, 0.15) is 11.5 Å². The minimum atomic E-state index is -1.06. The third-order valence-electron chi connectivity index (χ3n) is 7.25. The van der Waals surface area contributed by atoms with Gasteiger partial charge in [0.25, 0.3) is 0 Å². The maximum absolute atomic E-state index is 13.1. The minimum absolute atomic E-state index is 0.325. The number of rotatable bonds is 5. The number of hydrogen-bond acceptors (Lipinski definition) is 5. The van der Waals surface area contributed by atoms with Gasteiger partial charge in [-0.25, -0.2) is 4.79 Å². The summed E-state index contributed by atoms with van der Waals surface area (Å²) < 4.78 is 12.6. The van der Waals surface area contributed by atoms with Crippen molar-refractivity contribution in [3.8, 4) is 11.5 Å². The summed E-state index contributed by atoms with van der Waals surface area (Å²) in [6.07, 6.45) is 0. The first-order valence-corrected chi connectivity index (χ1v) is 12.4. The highest BCUT2D eigenvalue weighted by Crippen LogP contribution is 2.56. The molecule has 0 aromatic heterocycles. The molecule has 2 heterocycles. The summed E-state index contributed by atoms with van der Waals surface area (Å²) in [6, 6.07) is 27.9. The number of aryl methyl sites for hydroxylation is 1. The number of carbonyl (C=O) groups excluding carboxylic acids is 1. The number of esters is 1. The molecule has 0 radical (unpaired) electrons. The first-order chi connectivity index (χ1) is 17.5. The summed E-state index contributed by atoms with van der Waals surface area (Å²) in [7, 11) is 0. The molecule has 5 heteroatoms. The molecular formula is C31H28N2O3. The molecule has 0 fully saturated rings. The fourth-order valence-electron chi connectivity index (χ4n) is 5.38. The van der Waals surface area contributed by atoms with E-state index in [0.717, 1.165) is 46.7 Å². The molecule has 180 valence electrons. The van der Waals surface area contributed by atoms with Crippen LogP contribution in [0, 0.1) is 6.92 Å². The second-order valence-corrected chi connectivity index (χ2v) is 9.22. The predicted molar refractivity (Wildman–Crippen MR) is 143 cm³/mol. The van der Waals surface area contributed by atoms with Gasteiger partial charge in [-0.15, -0.1) is 0 Å². The van der Waals surface area contributed by atoms with E-state index in [-0.39, 0.29) is 5.97 Å². The molecular weight excluding hydrogens is 448 g/mol. The van der Waals surface area contributed by atoms with Crippen molar-refractivity contribution in [2.45, 2.75) is 26.4 Å². The van der Waals surface area contributed by atoms with Crippen LogP contribution in [-0.2, 0) is 10.3 Å². The number of hydrogen-bond donors (Lipinski definition) is 1. The molecule has 0 aliphatic carbocycles. The number of para-hydroxylation sites is 1. The molecule has 0 amide bonds. The van der Waals surface area contributed by atoms with Crippen molar-refractivity contribution in [1.82, 2.24) is 0 Å². The lowest BCUT2D eigenvalue weighted by Gasteiger charge is -2.36. The van der Waals surface area contributed by atoms with Crippen LogP contribution in [0.2, 0.25) is 0 Å². The summed E-state index contributed by atoms with van der Waals surface area (Å²) in [5.41, 5.74) is 6.26. The third kappa shape index (κ3) is 3.27. The first kappa shape index (κ1) is 22.2. The number of carbonyl (C=O) groups is 1. The van der Waals surface area contributed by atoms with E-state index < -0.39 is 5.60 Å². The molecule has 1 unspecified atom stereocenters. The average Bonchev–Trinajstić information content (AvgIpc) is 3.20. The van der Waals surface area contributed by atoms with Gasteiger partial charge in [0, 0.05) is 46.8 Å². The van der Waals surface area contributed by atoms with Crippen molar-refractivity contribution in [3.05, 3.63) is 113 Å². The Morgan fingerprint density at radius 2 is 1.53 bits per heavy atom. The molecule has 5 nitrogen and oxygen atoms in total. The number of nitrogens with zero attached hydrogens (tertiary/aromatic N) is 1. The van der Waals surface area contributed by atoms with Crippen LogP contribution in [-0.4, -0.2) is 19.1 Å². The van der Waals surface area contributed by atoms with Gasteiger partial charge < -0.3 is 19.7 Å². The summed E-state index contributed by atoms with van der Waals surface area (Å²) in [5.74, 6) is 1.05. The zero-order valence-corrected chi connectivity index (χ0v) is 20.7.